The number of hydrogen-bond acceptors (Lipinski definition) is 3. The number of carbonyl (C=O) groups excluding carboxylic acids is 1. The zero-order valence-corrected chi connectivity index (χ0v) is 20.1. The van der Waals surface area contributed by atoms with Crippen LogP contribution in [0.3, 0.4) is 0 Å². The molecule has 0 amide bonds. The Labute approximate surface area is 200 Å². The van der Waals surface area contributed by atoms with Gasteiger partial charge in [-0.2, -0.15) is 4.39 Å². The van der Waals surface area contributed by atoms with Crippen LogP contribution < -0.4 is 4.74 Å². The summed E-state index contributed by atoms with van der Waals surface area (Å²) in [6.45, 7) is 4.32. The summed E-state index contributed by atoms with van der Waals surface area (Å²) in [6, 6.07) is 10.5. The van der Waals surface area contributed by atoms with Crippen LogP contribution in [0.5, 0.6) is 5.75 Å². The molecule has 2 aromatic carbocycles. The second kappa shape index (κ2) is 12.8. The number of benzene rings is 2. The standard InChI is InChI=1S/C28H35F3O3/c1-3-5-7-24(29)28(32)34-22-14-12-20(13-15-22)19-8-10-21(11-9-19)23-16-17-25(27(31)26(23)30)33-18-6-4-2/h8-11,16-17,20,22,24H,3-7,12-15,18H2,1-2H3/t20?,22?,24-/m0/s1. The summed E-state index contributed by atoms with van der Waals surface area (Å²) < 4.78 is 53.7. The van der Waals surface area contributed by atoms with Crippen LogP contribution in [-0.4, -0.2) is 24.9 Å². The summed E-state index contributed by atoms with van der Waals surface area (Å²) in [5.74, 6) is -2.38. The Balaban J connectivity index is 1.56. The SMILES string of the molecule is CCCCOc1ccc(-c2ccc(C3CCC(OC(=O)[C@@H](F)CCCC)CC3)cc2)c(F)c1F. The molecule has 1 fully saturated rings. The summed E-state index contributed by atoms with van der Waals surface area (Å²) in [5, 5.41) is 0. The molecule has 0 radical (unpaired) electrons. The molecule has 3 rings (SSSR count). The molecule has 0 aromatic heterocycles. The molecule has 6 heteroatoms. The molecule has 0 aliphatic heterocycles. The highest BCUT2D eigenvalue weighted by Gasteiger charge is 2.28. The first kappa shape index (κ1) is 26.1. The van der Waals surface area contributed by atoms with Gasteiger partial charge in [0.05, 0.1) is 6.61 Å². The minimum absolute atomic E-state index is 0.0618. The number of unbranched alkanes of at least 4 members (excludes halogenated alkanes) is 2. The third kappa shape index (κ3) is 6.77. The van der Waals surface area contributed by atoms with E-state index in [2.05, 4.69) is 0 Å². The Morgan fingerprint density at radius 3 is 2.26 bits per heavy atom. The number of ether oxygens (including phenoxy) is 2. The van der Waals surface area contributed by atoms with E-state index in [9.17, 15) is 18.0 Å². The number of esters is 1. The number of carbonyl (C=O) groups is 1. The van der Waals surface area contributed by atoms with Crippen molar-refractivity contribution in [3.63, 3.8) is 0 Å². The van der Waals surface area contributed by atoms with Gasteiger partial charge in [-0.05, 0) is 67.7 Å². The Morgan fingerprint density at radius 1 is 0.941 bits per heavy atom. The van der Waals surface area contributed by atoms with Crippen LogP contribution in [0.2, 0.25) is 0 Å². The summed E-state index contributed by atoms with van der Waals surface area (Å²) in [6.07, 6.45) is 4.70. The first-order valence-electron chi connectivity index (χ1n) is 12.5. The van der Waals surface area contributed by atoms with Crippen LogP contribution in [0.1, 0.15) is 83.1 Å². The van der Waals surface area contributed by atoms with Crippen molar-refractivity contribution >= 4 is 5.97 Å². The van der Waals surface area contributed by atoms with Crippen LogP contribution in [0.4, 0.5) is 13.2 Å². The summed E-state index contributed by atoms with van der Waals surface area (Å²) in [4.78, 5) is 11.9. The van der Waals surface area contributed by atoms with Gasteiger partial charge in [0.25, 0.3) is 0 Å². The van der Waals surface area contributed by atoms with Gasteiger partial charge >= 0.3 is 5.97 Å². The normalized spacial score (nSPS) is 19.0. The van der Waals surface area contributed by atoms with Gasteiger partial charge in [0, 0.05) is 5.56 Å². The van der Waals surface area contributed by atoms with Crippen molar-refractivity contribution in [2.45, 2.75) is 89.8 Å². The van der Waals surface area contributed by atoms with Gasteiger partial charge in [-0.25, -0.2) is 13.6 Å². The molecular weight excluding hydrogens is 441 g/mol. The van der Waals surface area contributed by atoms with E-state index in [1.54, 1.807) is 18.2 Å². The largest absolute Gasteiger partial charge is 0.490 e. The lowest BCUT2D eigenvalue weighted by Crippen LogP contribution is -2.28. The van der Waals surface area contributed by atoms with Gasteiger partial charge in [0.15, 0.2) is 17.7 Å². The summed E-state index contributed by atoms with van der Waals surface area (Å²) in [5.41, 5.74) is 1.91. The molecule has 186 valence electrons. The Hall–Kier alpha value is -2.50. The molecule has 3 nitrogen and oxygen atoms in total. The lowest BCUT2D eigenvalue weighted by molar-refractivity contribution is -0.157. The second-order valence-corrected chi connectivity index (χ2v) is 9.08. The van der Waals surface area contributed by atoms with Crippen molar-refractivity contribution in [3.05, 3.63) is 53.6 Å². The van der Waals surface area contributed by atoms with E-state index in [1.807, 2.05) is 26.0 Å². The van der Waals surface area contributed by atoms with E-state index in [-0.39, 0.29) is 23.8 Å². The van der Waals surface area contributed by atoms with Crippen molar-refractivity contribution in [1.29, 1.82) is 0 Å². The second-order valence-electron chi connectivity index (χ2n) is 9.08. The number of rotatable bonds is 11. The average molecular weight is 477 g/mol. The maximum Gasteiger partial charge on any atom is 0.340 e. The van der Waals surface area contributed by atoms with Gasteiger partial charge < -0.3 is 9.47 Å². The fourth-order valence-corrected chi connectivity index (χ4v) is 4.38. The quantitative estimate of drug-likeness (QED) is 0.244. The van der Waals surface area contributed by atoms with E-state index < -0.39 is 23.8 Å². The van der Waals surface area contributed by atoms with Gasteiger partial charge in [0.2, 0.25) is 5.82 Å². The van der Waals surface area contributed by atoms with Crippen LogP contribution in [0, 0.1) is 11.6 Å². The van der Waals surface area contributed by atoms with Crippen LogP contribution in [0.25, 0.3) is 11.1 Å². The average Bonchev–Trinajstić information content (AvgIpc) is 2.86. The van der Waals surface area contributed by atoms with E-state index in [4.69, 9.17) is 9.47 Å². The molecule has 1 aliphatic rings. The molecule has 1 aliphatic carbocycles. The van der Waals surface area contributed by atoms with E-state index in [0.29, 0.717) is 37.4 Å². The van der Waals surface area contributed by atoms with Crippen LogP contribution in [-0.2, 0) is 9.53 Å². The fraction of sp³-hybridized carbons (Fsp3) is 0.536. The first-order chi connectivity index (χ1) is 16.4. The Morgan fingerprint density at radius 2 is 1.62 bits per heavy atom. The molecule has 34 heavy (non-hydrogen) atoms. The molecule has 0 bridgehead atoms. The first-order valence-corrected chi connectivity index (χ1v) is 12.5. The highest BCUT2D eigenvalue weighted by Crippen LogP contribution is 2.36. The summed E-state index contributed by atoms with van der Waals surface area (Å²) in [7, 11) is 0. The van der Waals surface area contributed by atoms with Crippen molar-refractivity contribution in [2.24, 2.45) is 0 Å². The molecule has 0 unspecified atom stereocenters. The molecule has 0 saturated heterocycles. The van der Waals surface area contributed by atoms with Crippen molar-refractivity contribution in [1.82, 2.24) is 0 Å². The zero-order valence-electron chi connectivity index (χ0n) is 20.1. The highest BCUT2D eigenvalue weighted by atomic mass is 19.2. The minimum Gasteiger partial charge on any atom is -0.490 e. The number of hydrogen-bond donors (Lipinski definition) is 0. The summed E-state index contributed by atoms with van der Waals surface area (Å²) >= 11 is 0. The molecule has 1 saturated carbocycles. The minimum atomic E-state index is -1.53. The lowest BCUT2D eigenvalue weighted by Gasteiger charge is -2.29. The maximum atomic E-state index is 14.7. The highest BCUT2D eigenvalue weighted by molar-refractivity contribution is 5.74. The fourth-order valence-electron chi connectivity index (χ4n) is 4.38. The van der Waals surface area contributed by atoms with E-state index in [0.717, 1.165) is 37.7 Å². The molecule has 0 N–H and O–H groups in total. The van der Waals surface area contributed by atoms with Crippen molar-refractivity contribution in [3.8, 4) is 16.9 Å². The van der Waals surface area contributed by atoms with Crippen molar-refractivity contribution < 1.29 is 27.4 Å². The van der Waals surface area contributed by atoms with Crippen LogP contribution in [0.15, 0.2) is 36.4 Å². The maximum absolute atomic E-state index is 14.7. The Kier molecular flexibility index (Phi) is 9.85. The van der Waals surface area contributed by atoms with E-state index >= 15 is 0 Å². The predicted molar refractivity (Wildman–Crippen MR) is 128 cm³/mol. The zero-order chi connectivity index (χ0) is 24.5. The monoisotopic (exact) mass is 476 g/mol. The smallest absolute Gasteiger partial charge is 0.340 e. The van der Waals surface area contributed by atoms with E-state index in [1.165, 1.54) is 6.07 Å². The molecule has 0 heterocycles. The van der Waals surface area contributed by atoms with Crippen LogP contribution >= 0.6 is 0 Å². The predicted octanol–water partition coefficient (Wildman–Crippen LogP) is 7.91. The molecule has 2 aromatic rings. The molecule has 1 atom stereocenters. The van der Waals surface area contributed by atoms with Gasteiger partial charge in [-0.3, -0.25) is 0 Å². The number of halogens is 3. The topological polar surface area (TPSA) is 35.5 Å². The van der Waals surface area contributed by atoms with Gasteiger partial charge in [-0.1, -0.05) is 57.4 Å². The Bertz CT molecular complexity index is 921. The third-order valence-corrected chi connectivity index (χ3v) is 6.52. The molecular formula is C28H35F3O3. The van der Waals surface area contributed by atoms with Gasteiger partial charge in [0.1, 0.15) is 6.10 Å². The number of alkyl halides is 1. The third-order valence-electron chi connectivity index (χ3n) is 6.52. The van der Waals surface area contributed by atoms with Gasteiger partial charge in [-0.15, -0.1) is 0 Å². The lowest BCUT2D eigenvalue weighted by atomic mass is 9.82. The van der Waals surface area contributed by atoms with Crippen molar-refractivity contribution in [2.75, 3.05) is 6.61 Å². The molecule has 0 spiro atoms.